The van der Waals surface area contributed by atoms with Crippen molar-refractivity contribution in [2.24, 2.45) is 0 Å². The fraction of sp³-hybridized carbons (Fsp3) is 0.250. The molecular weight excluding hydrogens is 241 g/mol. The van der Waals surface area contributed by atoms with Gasteiger partial charge in [-0.1, -0.05) is 12.1 Å². The Morgan fingerprint density at radius 2 is 1.74 bits per heavy atom. The van der Waals surface area contributed by atoms with Gasteiger partial charge in [0.25, 0.3) is 0 Å². The van der Waals surface area contributed by atoms with Gasteiger partial charge in [-0.15, -0.1) is 0 Å². The zero-order valence-electron chi connectivity index (χ0n) is 11.5. The smallest absolute Gasteiger partial charge is 0.166 e. The Kier molecular flexibility index (Phi) is 4.17. The monoisotopic (exact) mass is 259 g/mol. The first kappa shape index (κ1) is 13.6. The minimum atomic E-state index is -0.341. The van der Waals surface area contributed by atoms with E-state index in [1.165, 1.54) is 6.07 Å². The zero-order valence-corrected chi connectivity index (χ0v) is 11.5. The van der Waals surface area contributed by atoms with Crippen LogP contribution in [0.3, 0.4) is 0 Å². The van der Waals surface area contributed by atoms with Crippen LogP contribution in [0.4, 0.5) is 4.39 Å². The van der Waals surface area contributed by atoms with Crippen molar-refractivity contribution in [3.63, 3.8) is 0 Å². The Morgan fingerprint density at radius 1 is 1.05 bits per heavy atom. The van der Waals surface area contributed by atoms with Gasteiger partial charge in [-0.25, -0.2) is 4.39 Å². The maximum Gasteiger partial charge on any atom is 0.166 e. The van der Waals surface area contributed by atoms with Gasteiger partial charge in [0.05, 0.1) is 0 Å². The highest BCUT2D eigenvalue weighted by atomic mass is 19.1. The Labute approximate surface area is 113 Å². The Hall–Kier alpha value is -1.87. The summed E-state index contributed by atoms with van der Waals surface area (Å²) in [7, 11) is 1.83. The van der Waals surface area contributed by atoms with Crippen molar-refractivity contribution in [2.75, 3.05) is 7.05 Å². The van der Waals surface area contributed by atoms with Crippen LogP contribution in [0.25, 0.3) is 0 Å². The van der Waals surface area contributed by atoms with Crippen LogP contribution >= 0.6 is 0 Å². The van der Waals surface area contributed by atoms with Crippen LogP contribution < -0.4 is 10.1 Å². The summed E-state index contributed by atoms with van der Waals surface area (Å²) in [6.45, 7) is 4.62. The second-order valence-electron chi connectivity index (χ2n) is 4.72. The molecule has 0 saturated heterocycles. The van der Waals surface area contributed by atoms with Gasteiger partial charge in [0, 0.05) is 6.54 Å². The Balaban J connectivity index is 2.23. The lowest BCUT2D eigenvalue weighted by molar-refractivity contribution is 0.441. The first-order chi connectivity index (χ1) is 9.08. The number of nitrogens with one attached hydrogen (secondary N) is 1. The topological polar surface area (TPSA) is 21.3 Å². The number of aryl methyl sites for hydroxylation is 2. The molecule has 0 spiro atoms. The summed E-state index contributed by atoms with van der Waals surface area (Å²) in [5.41, 5.74) is 3.09. The van der Waals surface area contributed by atoms with Gasteiger partial charge in [-0.05, 0) is 61.9 Å². The minimum Gasteiger partial charge on any atom is -0.454 e. The molecule has 0 unspecified atom stereocenters. The second-order valence-corrected chi connectivity index (χ2v) is 4.72. The maximum atomic E-state index is 13.9. The van der Waals surface area contributed by atoms with Gasteiger partial charge in [-0.2, -0.15) is 0 Å². The van der Waals surface area contributed by atoms with E-state index in [-0.39, 0.29) is 11.6 Å². The summed E-state index contributed by atoms with van der Waals surface area (Å²) in [6.07, 6.45) is 0. The largest absolute Gasteiger partial charge is 0.454 e. The average Bonchev–Trinajstić information content (AvgIpc) is 2.32. The first-order valence-corrected chi connectivity index (χ1v) is 6.27. The molecule has 2 aromatic carbocycles. The van der Waals surface area contributed by atoms with E-state index in [2.05, 4.69) is 11.4 Å². The van der Waals surface area contributed by atoms with E-state index < -0.39 is 0 Å². The highest BCUT2D eigenvalue weighted by molar-refractivity contribution is 5.38. The molecule has 0 heterocycles. The van der Waals surface area contributed by atoms with Gasteiger partial charge in [0.1, 0.15) is 5.75 Å². The molecule has 0 aliphatic heterocycles. The molecule has 0 aromatic heterocycles. The summed E-state index contributed by atoms with van der Waals surface area (Å²) >= 11 is 0. The summed E-state index contributed by atoms with van der Waals surface area (Å²) in [6, 6.07) is 10.9. The lowest BCUT2D eigenvalue weighted by Gasteiger charge is -2.10. The molecule has 0 amide bonds. The molecule has 100 valence electrons. The molecule has 19 heavy (non-hydrogen) atoms. The average molecular weight is 259 g/mol. The predicted molar refractivity (Wildman–Crippen MR) is 75.2 cm³/mol. The minimum absolute atomic E-state index is 0.254. The molecule has 1 N–H and O–H groups in total. The number of benzene rings is 2. The fourth-order valence-corrected chi connectivity index (χ4v) is 2.06. The highest BCUT2D eigenvalue weighted by Gasteiger charge is 2.06. The van der Waals surface area contributed by atoms with Gasteiger partial charge in [0.15, 0.2) is 11.6 Å². The number of rotatable bonds is 4. The summed E-state index contributed by atoms with van der Waals surface area (Å²) in [5.74, 6) is 0.578. The molecule has 0 atom stereocenters. The molecule has 2 nitrogen and oxygen atoms in total. The lowest BCUT2D eigenvalue weighted by Crippen LogP contribution is -2.05. The van der Waals surface area contributed by atoms with E-state index in [9.17, 15) is 4.39 Å². The molecule has 0 aliphatic rings. The SMILES string of the molecule is CNCc1ccc(Oc2cc(C)cc(C)c2)c(F)c1. The van der Waals surface area contributed by atoms with Crippen molar-refractivity contribution in [3.8, 4) is 11.5 Å². The van der Waals surface area contributed by atoms with Crippen LogP contribution in [0, 0.1) is 19.7 Å². The molecular formula is C16H18FNO. The molecule has 0 fully saturated rings. The molecule has 0 saturated carbocycles. The lowest BCUT2D eigenvalue weighted by atomic mass is 10.1. The van der Waals surface area contributed by atoms with E-state index in [0.717, 1.165) is 16.7 Å². The normalized spacial score (nSPS) is 10.5. The molecule has 0 aliphatic carbocycles. The van der Waals surface area contributed by atoms with Crippen molar-refractivity contribution in [1.29, 1.82) is 0 Å². The third kappa shape index (κ3) is 3.55. The van der Waals surface area contributed by atoms with E-state index in [0.29, 0.717) is 12.3 Å². The van der Waals surface area contributed by atoms with E-state index in [1.54, 1.807) is 6.07 Å². The summed E-state index contributed by atoms with van der Waals surface area (Å²) in [5, 5.41) is 2.99. The van der Waals surface area contributed by atoms with Crippen molar-refractivity contribution in [2.45, 2.75) is 20.4 Å². The van der Waals surface area contributed by atoms with Crippen LogP contribution in [0.1, 0.15) is 16.7 Å². The maximum absolute atomic E-state index is 13.9. The number of ether oxygens (including phenoxy) is 1. The van der Waals surface area contributed by atoms with Gasteiger partial charge in [0.2, 0.25) is 0 Å². The van der Waals surface area contributed by atoms with E-state index in [4.69, 9.17) is 4.74 Å². The van der Waals surface area contributed by atoms with Crippen LogP contribution in [0.2, 0.25) is 0 Å². The van der Waals surface area contributed by atoms with Gasteiger partial charge in [-0.3, -0.25) is 0 Å². The van der Waals surface area contributed by atoms with Crippen LogP contribution in [-0.4, -0.2) is 7.05 Å². The summed E-state index contributed by atoms with van der Waals surface area (Å²) < 4.78 is 19.5. The third-order valence-corrected chi connectivity index (χ3v) is 2.80. The first-order valence-electron chi connectivity index (χ1n) is 6.27. The van der Waals surface area contributed by atoms with Crippen LogP contribution in [0.5, 0.6) is 11.5 Å². The van der Waals surface area contributed by atoms with Crippen LogP contribution in [0.15, 0.2) is 36.4 Å². The molecule has 2 rings (SSSR count). The fourth-order valence-electron chi connectivity index (χ4n) is 2.06. The van der Waals surface area contributed by atoms with Crippen molar-refractivity contribution in [1.82, 2.24) is 5.32 Å². The summed E-state index contributed by atoms with van der Waals surface area (Å²) in [4.78, 5) is 0. The van der Waals surface area contributed by atoms with E-state index >= 15 is 0 Å². The van der Waals surface area contributed by atoms with Gasteiger partial charge < -0.3 is 10.1 Å². The van der Waals surface area contributed by atoms with Crippen molar-refractivity contribution in [3.05, 3.63) is 58.9 Å². The Bertz CT molecular complexity index is 561. The molecule has 2 aromatic rings. The Morgan fingerprint density at radius 3 is 2.32 bits per heavy atom. The standard InChI is InChI=1S/C16H18FNO/c1-11-6-12(2)8-14(7-11)19-16-5-4-13(10-18-3)9-15(16)17/h4-9,18H,10H2,1-3H3. The second kappa shape index (κ2) is 5.85. The highest BCUT2D eigenvalue weighted by Crippen LogP contribution is 2.26. The number of halogens is 1. The zero-order chi connectivity index (χ0) is 13.8. The third-order valence-electron chi connectivity index (χ3n) is 2.80. The van der Waals surface area contributed by atoms with Crippen LogP contribution in [-0.2, 0) is 6.54 Å². The number of hydrogen-bond acceptors (Lipinski definition) is 2. The molecule has 3 heteroatoms. The number of hydrogen-bond donors (Lipinski definition) is 1. The van der Waals surface area contributed by atoms with Crippen molar-refractivity contribution >= 4 is 0 Å². The van der Waals surface area contributed by atoms with Crippen molar-refractivity contribution < 1.29 is 9.13 Å². The van der Waals surface area contributed by atoms with Gasteiger partial charge >= 0.3 is 0 Å². The van der Waals surface area contributed by atoms with E-state index in [1.807, 2.05) is 39.1 Å². The predicted octanol–water partition coefficient (Wildman–Crippen LogP) is 3.95. The molecule has 0 bridgehead atoms. The quantitative estimate of drug-likeness (QED) is 0.897. The molecule has 0 radical (unpaired) electrons.